The maximum Gasteiger partial charge on any atom is 0.320 e. The molecule has 0 aromatic heterocycles. The number of rotatable bonds is 3. The molecule has 0 spiro atoms. The zero-order chi connectivity index (χ0) is 18.0. The molecule has 2 aromatic carbocycles. The SMILES string of the molecule is CC(C)(NC(=O)Nc1c(F)cccc1F)c1ccc2c(c1)OCCO2. The summed E-state index contributed by atoms with van der Waals surface area (Å²) in [5.41, 5.74) is -0.527. The second-order valence-electron chi connectivity index (χ2n) is 6.16. The number of benzene rings is 2. The number of halogens is 2. The fraction of sp³-hybridized carbons (Fsp3) is 0.278. The number of hydrogen-bond donors (Lipinski definition) is 2. The van der Waals surface area contributed by atoms with Gasteiger partial charge in [-0.3, -0.25) is 0 Å². The summed E-state index contributed by atoms with van der Waals surface area (Å²) in [6.45, 7) is 4.49. The van der Waals surface area contributed by atoms with Crippen LogP contribution in [0, 0.1) is 11.6 Å². The van der Waals surface area contributed by atoms with Gasteiger partial charge in [-0.2, -0.15) is 0 Å². The summed E-state index contributed by atoms with van der Waals surface area (Å²) in [5.74, 6) is -0.442. The van der Waals surface area contributed by atoms with Crippen LogP contribution < -0.4 is 20.1 Å². The molecule has 0 atom stereocenters. The molecule has 2 aromatic rings. The number of urea groups is 1. The largest absolute Gasteiger partial charge is 0.486 e. The minimum Gasteiger partial charge on any atom is -0.486 e. The first-order valence-electron chi connectivity index (χ1n) is 7.80. The van der Waals surface area contributed by atoms with Gasteiger partial charge in [0.1, 0.15) is 30.5 Å². The molecule has 0 radical (unpaired) electrons. The van der Waals surface area contributed by atoms with Crippen LogP contribution in [0.25, 0.3) is 0 Å². The van der Waals surface area contributed by atoms with Crippen LogP contribution in [0.5, 0.6) is 11.5 Å². The van der Waals surface area contributed by atoms with Crippen molar-refractivity contribution in [1.29, 1.82) is 0 Å². The zero-order valence-electron chi connectivity index (χ0n) is 13.9. The summed E-state index contributed by atoms with van der Waals surface area (Å²) in [6, 6.07) is 8.00. The smallest absolute Gasteiger partial charge is 0.320 e. The van der Waals surface area contributed by atoms with E-state index >= 15 is 0 Å². The Bertz CT molecular complexity index is 789. The Hall–Kier alpha value is -2.83. The molecule has 132 valence electrons. The van der Waals surface area contributed by atoms with Crippen molar-refractivity contribution in [3.63, 3.8) is 0 Å². The van der Waals surface area contributed by atoms with Crippen LogP contribution >= 0.6 is 0 Å². The van der Waals surface area contributed by atoms with Gasteiger partial charge < -0.3 is 20.1 Å². The van der Waals surface area contributed by atoms with Crippen LogP contribution in [0.2, 0.25) is 0 Å². The highest BCUT2D eigenvalue weighted by Gasteiger charge is 2.26. The lowest BCUT2D eigenvalue weighted by molar-refractivity contribution is 0.171. The van der Waals surface area contributed by atoms with Gasteiger partial charge in [-0.05, 0) is 43.7 Å². The van der Waals surface area contributed by atoms with E-state index in [9.17, 15) is 13.6 Å². The molecule has 0 saturated carbocycles. The molecule has 1 heterocycles. The van der Waals surface area contributed by atoms with Gasteiger partial charge >= 0.3 is 6.03 Å². The summed E-state index contributed by atoms with van der Waals surface area (Å²) in [5, 5.41) is 4.91. The van der Waals surface area contributed by atoms with Gasteiger partial charge in [-0.25, -0.2) is 13.6 Å². The Morgan fingerprint density at radius 1 is 1.04 bits per heavy atom. The quantitative estimate of drug-likeness (QED) is 0.887. The topological polar surface area (TPSA) is 59.6 Å². The third-order valence-electron chi connectivity index (χ3n) is 3.89. The highest BCUT2D eigenvalue weighted by atomic mass is 19.1. The standard InChI is InChI=1S/C18H18F2N2O3/c1-18(2,11-6-7-14-15(10-11)25-9-8-24-14)22-17(23)21-16-12(19)4-3-5-13(16)20/h3-7,10H,8-9H2,1-2H3,(H2,21,22,23). The second kappa shape index (κ2) is 6.58. The van der Waals surface area contributed by atoms with Crippen LogP contribution in [0.15, 0.2) is 36.4 Å². The molecule has 7 heteroatoms. The number of para-hydroxylation sites is 1. The van der Waals surface area contributed by atoms with Crippen LogP contribution in [0.4, 0.5) is 19.3 Å². The third kappa shape index (κ3) is 3.65. The van der Waals surface area contributed by atoms with Crippen LogP contribution in [0.1, 0.15) is 19.4 Å². The molecule has 0 fully saturated rings. The van der Waals surface area contributed by atoms with E-state index in [0.717, 1.165) is 17.7 Å². The van der Waals surface area contributed by atoms with E-state index in [1.807, 2.05) is 0 Å². The van der Waals surface area contributed by atoms with Crippen molar-refractivity contribution in [2.24, 2.45) is 0 Å². The normalized spacial score (nSPS) is 13.3. The predicted molar refractivity (Wildman–Crippen MR) is 89.0 cm³/mol. The van der Waals surface area contributed by atoms with Crippen LogP contribution in [0.3, 0.4) is 0 Å². The first-order valence-corrected chi connectivity index (χ1v) is 7.80. The lowest BCUT2D eigenvalue weighted by Gasteiger charge is -2.28. The van der Waals surface area contributed by atoms with Gasteiger partial charge in [-0.15, -0.1) is 0 Å². The Kier molecular flexibility index (Phi) is 4.48. The monoisotopic (exact) mass is 348 g/mol. The number of carbonyl (C=O) groups excluding carboxylic acids is 1. The molecule has 1 aliphatic rings. The van der Waals surface area contributed by atoms with Crippen LogP contribution in [-0.2, 0) is 5.54 Å². The van der Waals surface area contributed by atoms with Crippen LogP contribution in [-0.4, -0.2) is 19.2 Å². The summed E-state index contributed by atoms with van der Waals surface area (Å²) >= 11 is 0. The van der Waals surface area contributed by atoms with Crippen molar-refractivity contribution in [3.05, 3.63) is 53.6 Å². The van der Waals surface area contributed by atoms with E-state index in [4.69, 9.17) is 9.47 Å². The molecule has 2 amide bonds. The summed E-state index contributed by atoms with van der Waals surface area (Å²) in [7, 11) is 0. The van der Waals surface area contributed by atoms with Crippen molar-refractivity contribution in [2.45, 2.75) is 19.4 Å². The van der Waals surface area contributed by atoms with Gasteiger partial charge in [0.2, 0.25) is 0 Å². The molecule has 3 rings (SSSR count). The zero-order valence-corrected chi connectivity index (χ0v) is 13.9. The first kappa shape index (κ1) is 17.0. The van der Waals surface area contributed by atoms with Gasteiger partial charge in [-0.1, -0.05) is 12.1 Å². The highest BCUT2D eigenvalue weighted by Crippen LogP contribution is 2.34. The average Bonchev–Trinajstić information content (AvgIpc) is 2.57. The molecule has 5 nitrogen and oxygen atoms in total. The Morgan fingerprint density at radius 3 is 2.36 bits per heavy atom. The summed E-state index contributed by atoms with van der Waals surface area (Å²) < 4.78 is 38.3. The predicted octanol–water partition coefficient (Wildman–Crippen LogP) is 3.79. The highest BCUT2D eigenvalue weighted by molar-refractivity contribution is 5.90. The fourth-order valence-corrected chi connectivity index (χ4v) is 2.55. The fourth-order valence-electron chi connectivity index (χ4n) is 2.55. The Morgan fingerprint density at radius 2 is 1.68 bits per heavy atom. The van der Waals surface area contributed by atoms with E-state index in [0.29, 0.717) is 24.7 Å². The number of anilines is 1. The molecule has 2 N–H and O–H groups in total. The van der Waals surface area contributed by atoms with Crippen molar-refractivity contribution < 1.29 is 23.0 Å². The molecule has 25 heavy (non-hydrogen) atoms. The summed E-state index contributed by atoms with van der Waals surface area (Å²) in [4.78, 5) is 12.2. The minimum absolute atomic E-state index is 0.456. The van der Waals surface area contributed by atoms with E-state index in [1.165, 1.54) is 6.07 Å². The number of amides is 2. The van der Waals surface area contributed by atoms with E-state index in [-0.39, 0.29) is 0 Å². The van der Waals surface area contributed by atoms with Crippen molar-refractivity contribution in [3.8, 4) is 11.5 Å². The Labute approximate surface area is 143 Å². The molecular formula is C18H18F2N2O3. The number of ether oxygens (including phenoxy) is 2. The number of carbonyl (C=O) groups is 1. The van der Waals surface area contributed by atoms with E-state index in [2.05, 4.69) is 10.6 Å². The van der Waals surface area contributed by atoms with Gasteiger partial charge in [0, 0.05) is 0 Å². The Balaban J connectivity index is 1.75. The maximum absolute atomic E-state index is 13.6. The lowest BCUT2D eigenvalue weighted by Crippen LogP contribution is -2.43. The molecule has 0 aliphatic carbocycles. The average molecular weight is 348 g/mol. The number of hydrogen-bond acceptors (Lipinski definition) is 3. The van der Waals surface area contributed by atoms with E-state index in [1.54, 1.807) is 32.0 Å². The van der Waals surface area contributed by atoms with Gasteiger partial charge in [0.15, 0.2) is 11.5 Å². The number of nitrogens with one attached hydrogen (secondary N) is 2. The van der Waals surface area contributed by atoms with Crippen molar-refractivity contribution in [1.82, 2.24) is 5.32 Å². The molecule has 0 bridgehead atoms. The molecular weight excluding hydrogens is 330 g/mol. The third-order valence-corrected chi connectivity index (χ3v) is 3.89. The molecule has 0 unspecified atom stereocenters. The molecule has 1 aliphatic heterocycles. The summed E-state index contributed by atoms with van der Waals surface area (Å²) in [6.07, 6.45) is 0. The number of fused-ring (bicyclic) bond motifs is 1. The van der Waals surface area contributed by atoms with Gasteiger partial charge in [0.05, 0.1) is 5.54 Å². The molecule has 0 saturated heterocycles. The first-order chi connectivity index (χ1) is 11.9. The van der Waals surface area contributed by atoms with E-state index < -0.39 is 28.9 Å². The second-order valence-corrected chi connectivity index (χ2v) is 6.16. The van der Waals surface area contributed by atoms with Crippen molar-refractivity contribution >= 4 is 11.7 Å². The maximum atomic E-state index is 13.6. The van der Waals surface area contributed by atoms with Crippen molar-refractivity contribution in [2.75, 3.05) is 18.5 Å². The van der Waals surface area contributed by atoms with Gasteiger partial charge in [0.25, 0.3) is 0 Å². The lowest BCUT2D eigenvalue weighted by atomic mass is 9.94. The minimum atomic E-state index is -0.840.